The summed E-state index contributed by atoms with van der Waals surface area (Å²) in [7, 11) is 1.94. The lowest BCUT2D eigenvalue weighted by Gasteiger charge is -2.25. The van der Waals surface area contributed by atoms with Gasteiger partial charge < -0.3 is 5.32 Å². The van der Waals surface area contributed by atoms with E-state index in [1.165, 1.54) is 19.3 Å². The molecule has 3 aromatic rings. The van der Waals surface area contributed by atoms with Crippen molar-refractivity contribution in [2.24, 2.45) is 7.05 Å². The average Bonchev–Trinajstić information content (AvgIpc) is 3.01. The van der Waals surface area contributed by atoms with Crippen LogP contribution < -0.4 is 5.32 Å². The lowest BCUT2D eigenvalue weighted by atomic mass is 10.0. The summed E-state index contributed by atoms with van der Waals surface area (Å²) in [6.45, 7) is 6.63. The predicted molar refractivity (Wildman–Crippen MR) is 112 cm³/mol. The van der Waals surface area contributed by atoms with Crippen molar-refractivity contribution < 1.29 is 4.79 Å². The minimum absolute atomic E-state index is 0.0504. The van der Waals surface area contributed by atoms with Crippen molar-refractivity contribution in [3.05, 3.63) is 41.7 Å². The van der Waals surface area contributed by atoms with Crippen LogP contribution in [0.2, 0.25) is 0 Å². The first-order valence-corrected chi connectivity index (χ1v) is 9.94. The minimum Gasteiger partial charge on any atom is -0.325 e. The van der Waals surface area contributed by atoms with Crippen molar-refractivity contribution in [3.63, 3.8) is 0 Å². The Kier molecular flexibility index (Phi) is 5.13. The van der Waals surface area contributed by atoms with Crippen LogP contribution in [0.25, 0.3) is 22.2 Å². The Hall–Kier alpha value is -2.73. The molecular formula is C22H27N5O. The largest absolute Gasteiger partial charge is 0.325 e. The summed E-state index contributed by atoms with van der Waals surface area (Å²) in [6, 6.07) is 8.02. The molecule has 6 nitrogen and oxygen atoms in total. The lowest BCUT2D eigenvalue weighted by molar-refractivity contribution is -0.117. The van der Waals surface area contributed by atoms with Crippen LogP contribution in [0.1, 0.15) is 30.5 Å². The first kappa shape index (κ1) is 18.6. The molecule has 4 rings (SSSR count). The van der Waals surface area contributed by atoms with Crippen molar-refractivity contribution in [1.82, 2.24) is 19.7 Å². The number of benzene rings is 1. The quantitative estimate of drug-likeness (QED) is 0.753. The van der Waals surface area contributed by atoms with Gasteiger partial charge >= 0.3 is 0 Å². The van der Waals surface area contributed by atoms with Gasteiger partial charge in [-0.1, -0.05) is 6.42 Å². The SMILES string of the molecule is Cc1cc(-c2cnn(C)c2C)nc2ccc(NC(=O)CN3CCCCC3)cc12. The Bertz CT molecular complexity index is 1020. The van der Waals surface area contributed by atoms with Crippen LogP contribution in [0.3, 0.4) is 0 Å². The van der Waals surface area contributed by atoms with Gasteiger partial charge in [-0.25, -0.2) is 4.98 Å². The number of pyridine rings is 1. The second-order valence-corrected chi connectivity index (χ2v) is 7.71. The molecule has 1 amide bonds. The van der Waals surface area contributed by atoms with Gasteiger partial charge in [-0.05, 0) is 69.6 Å². The van der Waals surface area contributed by atoms with E-state index in [1.807, 2.05) is 43.0 Å². The van der Waals surface area contributed by atoms with Crippen LogP contribution in [0, 0.1) is 13.8 Å². The molecule has 1 saturated heterocycles. The van der Waals surface area contributed by atoms with E-state index in [1.54, 1.807) is 0 Å². The maximum atomic E-state index is 12.4. The fraction of sp³-hybridized carbons (Fsp3) is 0.409. The summed E-state index contributed by atoms with van der Waals surface area (Å²) in [5.41, 5.74) is 5.95. The second-order valence-electron chi connectivity index (χ2n) is 7.71. The van der Waals surface area contributed by atoms with Crippen LogP contribution in [-0.2, 0) is 11.8 Å². The highest BCUT2D eigenvalue weighted by atomic mass is 16.2. The number of rotatable bonds is 4. The van der Waals surface area contributed by atoms with E-state index in [-0.39, 0.29) is 5.91 Å². The first-order valence-electron chi connectivity index (χ1n) is 9.94. The number of nitrogens with zero attached hydrogens (tertiary/aromatic N) is 4. The third-order valence-corrected chi connectivity index (χ3v) is 5.63. The molecule has 1 fully saturated rings. The predicted octanol–water partition coefficient (Wildman–Crippen LogP) is 3.68. The van der Waals surface area contributed by atoms with Crippen LogP contribution in [-0.4, -0.2) is 45.2 Å². The summed E-state index contributed by atoms with van der Waals surface area (Å²) in [4.78, 5) is 19.5. The molecule has 0 unspecified atom stereocenters. The van der Waals surface area contributed by atoms with E-state index in [2.05, 4.69) is 28.3 Å². The summed E-state index contributed by atoms with van der Waals surface area (Å²) < 4.78 is 1.86. The van der Waals surface area contributed by atoms with E-state index in [4.69, 9.17) is 4.98 Å². The highest BCUT2D eigenvalue weighted by Gasteiger charge is 2.15. The number of fused-ring (bicyclic) bond motifs is 1. The highest BCUT2D eigenvalue weighted by molar-refractivity contribution is 5.95. The molecule has 2 aromatic heterocycles. The first-order chi connectivity index (χ1) is 13.5. The van der Waals surface area contributed by atoms with Gasteiger partial charge in [0.2, 0.25) is 5.91 Å². The summed E-state index contributed by atoms with van der Waals surface area (Å²) in [6.07, 6.45) is 5.51. The van der Waals surface area contributed by atoms with E-state index in [0.717, 1.165) is 52.2 Å². The standard InChI is InChI=1S/C22H27N5O/c1-15-11-21(19-13-23-26(3)16(19)2)25-20-8-7-17(12-18(15)20)24-22(28)14-27-9-5-4-6-10-27/h7-8,11-13H,4-6,9-10,14H2,1-3H3,(H,24,28). The lowest BCUT2D eigenvalue weighted by Crippen LogP contribution is -2.36. The molecule has 0 aliphatic carbocycles. The zero-order valence-corrected chi connectivity index (χ0v) is 16.8. The number of carbonyl (C=O) groups excluding carboxylic acids is 1. The van der Waals surface area contributed by atoms with Crippen LogP contribution in [0.15, 0.2) is 30.5 Å². The fourth-order valence-electron chi connectivity index (χ4n) is 3.88. The summed E-state index contributed by atoms with van der Waals surface area (Å²) in [5.74, 6) is 0.0504. The molecule has 1 aromatic carbocycles. The molecule has 28 heavy (non-hydrogen) atoms. The van der Waals surface area contributed by atoms with Crippen LogP contribution >= 0.6 is 0 Å². The van der Waals surface area contributed by atoms with Gasteiger partial charge in [0.1, 0.15) is 0 Å². The maximum Gasteiger partial charge on any atom is 0.238 e. The van der Waals surface area contributed by atoms with Crippen molar-refractivity contribution in [3.8, 4) is 11.3 Å². The number of amides is 1. The van der Waals surface area contributed by atoms with Gasteiger partial charge in [0.05, 0.1) is 24.0 Å². The number of hydrogen-bond donors (Lipinski definition) is 1. The Balaban J connectivity index is 1.55. The second kappa shape index (κ2) is 7.72. The van der Waals surface area contributed by atoms with E-state index >= 15 is 0 Å². The van der Waals surface area contributed by atoms with Gasteiger partial charge in [0.25, 0.3) is 0 Å². The fourth-order valence-corrected chi connectivity index (χ4v) is 3.88. The van der Waals surface area contributed by atoms with Gasteiger partial charge in [-0.3, -0.25) is 14.4 Å². The normalized spacial score (nSPS) is 15.1. The molecule has 0 spiro atoms. The average molecular weight is 377 g/mol. The van der Waals surface area contributed by atoms with E-state index in [0.29, 0.717) is 6.54 Å². The number of carbonyl (C=O) groups is 1. The Morgan fingerprint density at radius 2 is 1.93 bits per heavy atom. The number of piperidine rings is 1. The number of aromatic nitrogens is 3. The molecule has 1 aliphatic heterocycles. The van der Waals surface area contributed by atoms with Gasteiger partial charge in [-0.2, -0.15) is 5.10 Å². The van der Waals surface area contributed by atoms with Gasteiger partial charge in [-0.15, -0.1) is 0 Å². The highest BCUT2D eigenvalue weighted by Crippen LogP contribution is 2.28. The molecule has 0 saturated carbocycles. The third-order valence-electron chi connectivity index (χ3n) is 5.63. The molecule has 0 atom stereocenters. The summed E-state index contributed by atoms with van der Waals surface area (Å²) in [5, 5.41) is 8.42. The van der Waals surface area contributed by atoms with Crippen molar-refractivity contribution in [2.75, 3.05) is 25.0 Å². The van der Waals surface area contributed by atoms with E-state index < -0.39 is 0 Å². The number of hydrogen-bond acceptors (Lipinski definition) is 4. The van der Waals surface area contributed by atoms with E-state index in [9.17, 15) is 4.79 Å². The van der Waals surface area contributed by atoms with Gasteiger partial charge in [0.15, 0.2) is 0 Å². The van der Waals surface area contributed by atoms with Crippen molar-refractivity contribution in [1.29, 1.82) is 0 Å². The topological polar surface area (TPSA) is 63.1 Å². The monoisotopic (exact) mass is 377 g/mol. The molecule has 1 N–H and O–H groups in total. The molecular weight excluding hydrogens is 350 g/mol. The Morgan fingerprint density at radius 3 is 2.64 bits per heavy atom. The minimum atomic E-state index is 0.0504. The smallest absolute Gasteiger partial charge is 0.238 e. The van der Waals surface area contributed by atoms with Crippen molar-refractivity contribution >= 4 is 22.5 Å². The number of nitrogens with one attached hydrogen (secondary N) is 1. The zero-order valence-electron chi connectivity index (χ0n) is 16.8. The van der Waals surface area contributed by atoms with Crippen molar-refractivity contribution in [2.45, 2.75) is 33.1 Å². The third kappa shape index (κ3) is 3.78. The zero-order chi connectivity index (χ0) is 19.7. The number of aryl methyl sites for hydroxylation is 2. The number of anilines is 1. The summed E-state index contributed by atoms with van der Waals surface area (Å²) >= 11 is 0. The molecule has 6 heteroatoms. The number of likely N-dealkylation sites (tertiary alicyclic amines) is 1. The molecule has 0 bridgehead atoms. The molecule has 3 heterocycles. The molecule has 0 radical (unpaired) electrons. The Morgan fingerprint density at radius 1 is 1.14 bits per heavy atom. The maximum absolute atomic E-state index is 12.4. The van der Waals surface area contributed by atoms with Crippen LogP contribution in [0.4, 0.5) is 5.69 Å². The molecule has 1 aliphatic rings. The van der Waals surface area contributed by atoms with Crippen LogP contribution in [0.5, 0.6) is 0 Å². The molecule has 146 valence electrons. The Labute approximate surface area is 165 Å². The van der Waals surface area contributed by atoms with Gasteiger partial charge in [0, 0.05) is 29.4 Å².